The first-order valence-electron chi connectivity index (χ1n) is 22.2. The van der Waals surface area contributed by atoms with Crippen molar-refractivity contribution in [3.63, 3.8) is 0 Å². The van der Waals surface area contributed by atoms with E-state index in [1.165, 1.54) is 43.4 Å². The van der Waals surface area contributed by atoms with Gasteiger partial charge in [0.2, 0.25) is 0 Å². The van der Waals surface area contributed by atoms with Crippen LogP contribution in [0.15, 0.2) is 247 Å². The summed E-state index contributed by atoms with van der Waals surface area (Å²) in [5, 5.41) is 9.46. The molecular formula is C62H40N2O. The van der Waals surface area contributed by atoms with E-state index in [9.17, 15) is 0 Å². The molecule has 3 nitrogen and oxygen atoms in total. The summed E-state index contributed by atoms with van der Waals surface area (Å²) < 4.78 is 9.07. The van der Waals surface area contributed by atoms with Crippen molar-refractivity contribution in [2.24, 2.45) is 0 Å². The number of anilines is 3. The molecule has 0 aliphatic rings. The molecule has 0 N–H and O–H groups in total. The lowest BCUT2D eigenvalue weighted by Crippen LogP contribution is -2.10. The number of nitrogens with zero attached hydrogens (tertiary/aromatic N) is 2. The summed E-state index contributed by atoms with van der Waals surface area (Å²) >= 11 is 0. The molecule has 65 heavy (non-hydrogen) atoms. The number of benzene rings is 11. The zero-order valence-corrected chi connectivity index (χ0v) is 35.4. The van der Waals surface area contributed by atoms with E-state index in [-0.39, 0.29) is 0 Å². The molecule has 0 saturated carbocycles. The summed E-state index contributed by atoms with van der Waals surface area (Å²) in [6.45, 7) is 0. The molecule has 13 rings (SSSR count). The lowest BCUT2D eigenvalue weighted by Gasteiger charge is -2.28. The monoisotopic (exact) mass is 828 g/mol. The Kier molecular flexibility index (Phi) is 8.53. The fourth-order valence-corrected chi connectivity index (χ4v) is 10.1. The highest BCUT2D eigenvalue weighted by Crippen LogP contribution is 2.45. The third-order valence-corrected chi connectivity index (χ3v) is 13.1. The van der Waals surface area contributed by atoms with Crippen LogP contribution in [0.3, 0.4) is 0 Å². The summed E-state index contributed by atoms with van der Waals surface area (Å²) in [6, 6.07) is 87.8. The highest BCUT2D eigenvalue weighted by atomic mass is 16.3. The quantitative estimate of drug-likeness (QED) is 0.160. The first-order chi connectivity index (χ1) is 32.2. The molecule has 0 fully saturated rings. The van der Waals surface area contributed by atoms with Crippen LogP contribution in [0.1, 0.15) is 0 Å². The van der Waals surface area contributed by atoms with E-state index in [0.29, 0.717) is 0 Å². The summed E-state index contributed by atoms with van der Waals surface area (Å²) in [7, 11) is 0. The smallest absolute Gasteiger partial charge is 0.143 e. The van der Waals surface area contributed by atoms with E-state index < -0.39 is 0 Å². The van der Waals surface area contributed by atoms with Crippen molar-refractivity contribution >= 4 is 82.4 Å². The minimum absolute atomic E-state index is 0.891. The minimum Gasteiger partial charge on any atom is -0.455 e. The van der Waals surface area contributed by atoms with Crippen molar-refractivity contribution in [2.75, 3.05) is 4.90 Å². The van der Waals surface area contributed by atoms with Gasteiger partial charge >= 0.3 is 0 Å². The van der Waals surface area contributed by atoms with Gasteiger partial charge in [0.1, 0.15) is 11.2 Å². The Morgan fingerprint density at radius 3 is 1.82 bits per heavy atom. The molecule has 0 amide bonds. The normalized spacial score (nSPS) is 11.7. The van der Waals surface area contributed by atoms with Crippen LogP contribution in [0.25, 0.3) is 104 Å². The molecule has 0 unspecified atom stereocenters. The van der Waals surface area contributed by atoms with Gasteiger partial charge in [-0.2, -0.15) is 0 Å². The Labute approximate surface area is 376 Å². The number of hydrogen-bond acceptors (Lipinski definition) is 2. The van der Waals surface area contributed by atoms with Gasteiger partial charge in [0.05, 0.1) is 16.7 Å². The predicted molar refractivity (Wildman–Crippen MR) is 274 cm³/mol. The molecule has 304 valence electrons. The van der Waals surface area contributed by atoms with Crippen LogP contribution >= 0.6 is 0 Å². The molecular weight excluding hydrogens is 789 g/mol. The van der Waals surface area contributed by atoms with E-state index in [1.54, 1.807) is 0 Å². The van der Waals surface area contributed by atoms with Crippen molar-refractivity contribution in [1.82, 2.24) is 4.57 Å². The number of aromatic nitrogens is 1. The van der Waals surface area contributed by atoms with E-state index >= 15 is 0 Å². The van der Waals surface area contributed by atoms with Crippen molar-refractivity contribution in [3.05, 3.63) is 243 Å². The van der Waals surface area contributed by atoms with Gasteiger partial charge in [-0.3, -0.25) is 0 Å². The maximum Gasteiger partial charge on any atom is 0.143 e. The Morgan fingerprint density at radius 1 is 0.323 bits per heavy atom. The molecule has 0 atom stereocenters. The maximum atomic E-state index is 6.69. The standard InChI is InChI=1S/C62H40N2O/c1-3-18-47(19-4-1)63(49-32-30-41-16-7-8-17-42(41)39-49)59-35-33-50(52-22-9-10-23-53(52)59)45-36-44(37-46(38-45)51-26-15-27-56-55-25-12-14-29-61(55)65-62(51)56)43-31-34-60-57(40-43)54-24-11-13-28-58(54)64(60)48-20-5-2-6-21-48/h1-40H. The highest BCUT2D eigenvalue weighted by Gasteiger charge is 2.20. The van der Waals surface area contributed by atoms with Gasteiger partial charge in [0, 0.05) is 49.6 Å². The lowest BCUT2D eigenvalue weighted by atomic mass is 9.90. The second kappa shape index (κ2) is 15.0. The van der Waals surface area contributed by atoms with Crippen LogP contribution in [0.5, 0.6) is 0 Å². The van der Waals surface area contributed by atoms with Crippen molar-refractivity contribution in [3.8, 4) is 39.1 Å². The van der Waals surface area contributed by atoms with Crippen molar-refractivity contribution < 1.29 is 4.42 Å². The zero-order valence-electron chi connectivity index (χ0n) is 35.4. The van der Waals surface area contributed by atoms with Crippen LogP contribution < -0.4 is 4.90 Å². The second-order valence-electron chi connectivity index (χ2n) is 16.9. The molecule has 0 aliphatic carbocycles. The molecule has 0 aliphatic heterocycles. The number of para-hydroxylation sites is 5. The Hall–Kier alpha value is -8.66. The number of hydrogen-bond donors (Lipinski definition) is 0. The van der Waals surface area contributed by atoms with Crippen molar-refractivity contribution in [2.45, 2.75) is 0 Å². The van der Waals surface area contributed by atoms with Gasteiger partial charge in [-0.05, 0) is 129 Å². The third kappa shape index (κ3) is 6.12. The molecule has 2 heterocycles. The van der Waals surface area contributed by atoms with E-state index in [4.69, 9.17) is 4.42 Å². The number of rotatable bonds is 7. The maximum absolute atomic E-state index is 6.69. The molecule has 0 spiro atoms. The molecule has 0 saturated heterocycles. The van der Waals surface area contributed by atoms with Crippen LogP contribution in [-0.2, 0) is 0 Å². The average Bonchev–Trinajstić information content (AvgIpc) is 3.93. The Balaban J connectivity index is 1.04. The van der Waals surface area contributed by atoms with Gasteiger partial charge in [0.25, 0.3) is 0 Å². The van der Waals surface area contributed by atoms with E-state index in [2.05, 4.69) is 246 Å². The fourth-order valence-electron chi connectivity index (χ4n) is 10.1. The molecule has 13 aromatic rings. The van der Waals surface area contributed by atoms with Gasteiger partial charge < -0.3 is 13.9 Å². The van der Waals surface area contributed by atoms with E-state index in [1.807, 2.05) is 6.07 Å². The number of furan rings is 1. The molecule has 3 heteroatoms. The zero-order chi connectivity index (χ0) is 42.8. The highest BCUT2D eigenvalue weighted by molar-refractivity contribution is 6.13. The van der Waals surface area contributed by atoms with Crippen LogP contribution in [0.2, 0.25) is 0 Å². The summed E-state index contributed by atoms with van der Waals surface area (Å²) in [5.41, 5.74) is 15.4. The summed E-state index contributed by atoms with van der Waals surface area (Å²) in [5.74, 6) is 0. The van der Waals surface area contributed by atoms with Gasteiger partial charge in [-0.1, -0.05) is 158 Å². The largest absolute Gasteiger partial charge is 0.455 e. The second-order valence-corrected chi connectivity index (χ2v) is 16.9. The first kappa shape index (κ1) is 36.9. The molecule has 2 aromatic heterocycles. The average molecular weight is 829 g/mol. The Morgan fingerprint density at radius 2 is 0.969 bits per heavy atom. The molecule has 11 aromatic carbocycles. The van der Waals surface area contributed by atoms with Crippen molar-refractivity contribution in [1.29, 1.82) is 0 Å². The molecule has 0 bridgehead atoms. The predicted octanol–water partition coefficient (Wildman–Crippen LogP) is 17.5. The lowest BCUT2D eigenvalue weighted by molar-refractivity contribution is 0.670. The van der Waals surface area contributed by atoms with Crippen LogP contribution in [-0.4, -0.2) is 4.57 Å². The third-order valence-electron chi connectivity index (χ3n) is 13.1. The summed E-state index contributed by atoms with van der Waals surface area (Å²) in [4.78, 5) is 2.39. The summed E-state index contributed by atoms with van der Waals surface area (Å²) in [6.07, 6.45) is 0. The molecule has 0 radical (unpaired) electrons. The van der Waals surface area contributed by atoms with Crippen LogP contribution in [0.4, 0.5) is 17.1 Å². The van der Waals surface area contributed by atoms with Gasteiger partial charge in [-0.15, -0.1) is 0 Å². The first-order valence-corrected chi connectivity index (χ1v) is 22.2. The van der Waals surface area contributed by atoms with Gasteiger partial charge in [-0.25, -0.2) is 0 Å². The van der Waals surface area contributed by atoms with Gasteiger partial charge in [0.15, 0.2) is 0 Å². The Bertz CT molecular complexity index is 3950. The fraction of sp³-hybridized carbons (Fsp3) is 0. The number of fused-ring (bicyclic) bond motifs is 8. The van der Waals surface area contributed by atoms with E-state index in [0.717, 1.165) is 78.1 Å². The minimum atomic E-state index is 0.891. The topological polar surface area (TPSA) is 21.3 Å². The SMILES string of the molecule is c1ccc(N(c2ccc3ccccc3c2)c2ccc(-c3cc(-c4ccc5c(c4)c4ccccc4n5-c4ccccc4)cc(-c4cccc5c4oc4ccccc45)c3)c3ccccc23)cc1. The van der Waals surface area contributed by atoms with Crippen LogP contribution in [0, 0.1) is 0 Å².